The molecule has 28 heavy (non-hydrogen) atoms. The van der Waals surface area contributed by atoms with Crippen molar-refractivity contribution in [3.63, 3.8) is 0 Å². The summed E-state index contributed by atoms with van der Waals surface area (Å²) < 4.78 is 7.76. The second-order valence-corrected chi connectivity index (χ2v) is 6.97. The van der Waals surface area contributed by atoms with Crippen LogP contribution in [-0.2, 0) is 0 Å². The third kappa shape index (κ3) is 2.55. The lowest BCUT2D eigenvalue weighted by Gasteiger charge is -2.15. The van der Waals surface area contributed by atoms with Gasteiger partial charge in [-0.2, -0.15) is 0 Å². The Morgan fingerprint density at radius 1 is 0.786 bits per heavy atom. The van der Waals surface area contributed by atoms with Gasteiger partial charge in [0.05, 0.1) is 29.5 Å². The Morgan fingerprint density at radius 3 is 2.14 bits per heavy atom. The van der Waals surface area contributed by atoms with Crippen LogP contribution in [-0.4, -0.2) is 16.7 Å². The van der Waals surface area contributed by atoms with Crippen molar-refractivity contribution in [2.75, 3.05) is 7.11 Å². The molecule has 2 heterocycles. The van der Waals surface area contributed by atoms with E-state index in [-0.39, 0.29) is 0 Å². The number of aromatic nitrogens is 2. The number of ether oxygens (including phenoxy) is 1. The highest BCUT2D eigenvalue weighted by Gasteiger charge is 2.16. The molecule has 0 atom stereocenters. The van der Waals surface area contributed by atoms with Crippen molar-refractivity contribution in [2.24, 2.45) is 0 Å². The van der Waals surface area contributed by atoms with Crippen LogP contribution in [0.5, 0.6) is 5.75 Å². The van der Waals surface area contributed by atoms with Gasteiger partial charge in [-0.15, -0.1) is 0 Å². The van der Waals surface area contributed by atoms with Crippen molar-refractivity contribution in [1.29, 1.82) is 0 Å². The Hall–Kier alpha value is -3.59. The van der Waals surface area contributed by atoms with Gasteiger partial charge in [-0.1, -0.05) is 48.0 Å². The number of fused-ring (bicyclic) bond motifs is 3. The van der Waals surface area contributed by atoms with E-state index in [1.165, 1.54) is 27.4 Å². The summed E-state index contributed by atoms with van der Waals surface area (Å²) in [7, 11) is 1.68. The summed E-state index contributed by atoms with van der Waals surface area (Å²) in [5.41, 5.74) is 6.69. The number of aryl methyl sites for hydroxylation is 1. The molecule has 0 saturated carbocycles. The zero-order valence-electron chi connectivity index (χ0n) is 15.9. The number of hydrogen-bond donors (Lipinski definition) is 0. The van der Waals surface area contributed by atoms with Crippen LogP contribution in [0.3, 0.4) is 0 Å². The predicted octanol–water partition coefficient (Wildman–Crippen LogP) is 6.16. The molecule has 5 aromatic rings. The van der Waals surface area contributed by atoms with Gasteiger partial charge >= 0.3 is 0 Å². The first-order valence-electron chi connectivity index (χ1n) is 9.36. The molecular weight excluding hydrogens is 344 g/mol. The van der Waals surface area contributed by atoms with E-state index in [1.807, 2.05) is 12.1 Å². The Labute approximate surface area is 163 Å². The van der Waals surface area contributed by atoms with Crippen LogP contribution in [0.25, 0.3) is 38.8 Å². The highest BCUT2D eigenvalue weighted by Crippen LogP contribution is 2.36. The number of pyridine rings is 1. The monoisotopic (exact) mass is 364 g/mol. The summed E-state index contributed by atoms with van der Waals surface area (Å²) in [6, 6.07) is 27.5. The van der Waals surface area contributed by atoms with E-state index < -0.39 is 0 Å². The standard InChI is InChI=1S/C25H20N2O/c1-17-11-12-25(21(15-17)22-16-18(28-2)13-14-26-22)27-23-9-5-3-7-19(23)20-8-4-6-10-24(20)27/h3-16H,1-2H3. The minimum absolute atomic E-state index is 0.805. The number of hydrogen-bond acceptors (Lipinski definition) is 2. The number of nitrogens with zero attached hydrogens (tertiary/aromatic N) is 2. The smallest absolute Gasteiger partial charge is 0.122 e. The molecule has 0 amide bonds. The Kier molecular flexibility index (Phi) is 3.87. The average Bonchev–Trinajstić information content (AvgIpc) is 3.08. The van der Waals surface area contributed by atoms with Gasteiger partial charge in [0.15, 0.2) is 0 Å². The van der Waals surface area contributed by atoms with Crippen LogP contribution in [0.15, 0.2) is 85.1 Å². The minimum atomic E-state index is 0.805. The molecule has 0 unspecified atom stereocenters. The summed E-state index contributed by atoms with van der Waals surface area (Å²) in [4.78, 5) is 4.64. The molecule has 0 bridgehead atoms. The molecule has 2 aromatic heterocycles. The zero-order valence-corrected chi connectivity index (χ0v) is 15.9. The molecule has 3 heteroatoms. The van der Waals surface area contributed by atoms with Gasteiger partial charge in [0.2, 0.25) is 0 Å². The molecule has 3 aromatic carbocycles. The molecule has 3 nitrogen and oxygen atoms in total. The molecule has 0 radical (unpaired) electrons. The fourth-order valence-electron chi connectivity index (χ4n) is 3.92. The maximum Gasteiger partial charge on any atom is 0.122 e. The number of methoxy groups -OCH3 is 1. The van der Waals surface area contributed by atoms with Crippen molar-refractivity contribution in [3.05, 3.63) is 90.6 Å². The lowest BCUT2D eigenvalue weighted by Crippen LogP contribution is -1.99. The van der Waals surface area contributed by atoms with E-state index in [2.05, 4.69) is 83.2 Å². The van der Waals surface area contributed by atoms with Gasteiger partial charge in [-0.3, -0.25) is 4.98 Å². The second-order valence-electron chi connectivity index (χ2n) is 6.97. The number of rotatable bonds is 3. The molecular formula is C25H20N2O. The van der Waals surface area contributed by atoms with E-state index in [9.17, 15) is 0 Å². The third-order valence-corrected chi connectivity index (χ3v) is 5.22. The van der Waals surface area contributed by atoms with E-state index in [4.69, 9.17) is 4.74 Å². The zero-order chi connectivity index (χ0) is 19.1. The molecule has 0 N–H and O–H groups in total. The average molecular weight is 364 g/mol. The normalized spacial score (nSPS) is 11.2. The summed E-state index contributed by atoms with van der Waals surface area (Å²) in [6.07, 6.45) is 1.80. The van der Waals surface area contributed by atoms with E-state index in [0.29, 0.717) is 0 Å². The van der Waals surface area contributed by atoms with Crippen molar-refractivity contribution < 1.29 is 4.74 Å². The fourth-order valence-corrected chi connectivity index (χ4v) is 3.92. The van der Waals surface area contributed by atoms with Gasteiger partial charge in [0, 0.05) is 28.6 Å². The van der Waals surface area contributed by atoms with Gasteiger partial charge in [0.1, 0.15) is 5.75 Å². The third-order valence-electron chi connectivity index (χ3n) is 5.22. The van der Waals surface area contributed by atoms with Gasteiger partial charge in [0.25, 0.3) is 0 Å². The maximum absolute atomic E-state index is 5.43. The molecule has 0 fully saturated rings. The topological polar surface area (TPSA) is 27.1 Å². The van der Waals surface area contributed by atoms with Gasteiger partial charge in [-0.05, 0) is 37.3 Å². The van der Waals surface area contributed by atoms with Crippen molar-refractivity contribution in [3.8, 4) is 22.7 Å². The Morgan fingerprint density at radius 2 is 1.46 bits per heavy atom. The Balaban J connectivity index is 1.88. The van der Waals surface area contributed by atoms with Crippen LogP contribution in [0.2, 0.25) is 0 Å². The lowest BCUT2D eigenvalue weighted by atomic mass is 10.0. The largest absolute Gasteiger partial charge is 0.497 e. The predicted molar refractivity (Wildman–Crippen MR) is 115 cm³/mol. The van der Waals surface area contributed by atoms with Crippen molar-refractivity contribution in [2.45, 2.75) is 6.92 Å². The molecule has 0 aliphatic rings. The first-order chi connectivity index (χ1) is 13.8. The summed E-state index contributed by atoms with van der Waals surface area (Å²) in [6.45, 7) is 2.11. The fraction of sp³-hybridized carbons (Fsp3) is 0.0800. The second kappa shape index (κ2) is 6.54. The SMILES string of the molecule is COc1ccnc(-c2cc(C)ccc2-n2c3ccccc3c3ccccc32)c1. The van der Waals surface area contributed by atoms with Crippen molar-refractivity contribution >= 4 is 21.8 Å². The van der Waals surface area contributed by atoms with E-state index in [0.717, 1.165) is 22.7 Å². The van der Waals surface area contributed by atoms with Crippen LogP contribution >= 0.6 is 0 Å². The first-order valence-corrected chi connectivity index (χ1v) is 9.36. The van der Waals surface area contributed by atoms with Crippen LogP contribution in [0.1, 0.15) is 5.56 Å². The summed E-state index contributed by atoms with van der Waals surface area (Å²) in [5, 5.41) is 2.51. The van der Waals surface area contributed by atoms with Crippen LogP contribution < -0.4 is 4.74 Å². The molecule has 5 rings (SSSR count). The quantitative estimate of drug-likeness (QED) is 0.383. The highest BCUT2D eigenvalue weighted by atomic mass is 16.5. The number of para-hydroxylation sites is 2. The summed E-state index contributed by atoms with van der Waals surface area (Å²) in [5.74, 6) is 0.805. The molecule has 136 valence electrons. The molecule has 0 aliphatic carbocycles. The molecule has 0 aliphatic heterocycles. The first kappa shape index (κ1) is 16.6. The van der Waals surface area contributed by atoms with Gasteiger partial charge < -0.3 is 9.30 Å². The van der Waals surface area contributed by atoms with Crippen LogP contribution in [0.4, 0.5) is 0 Å². The minimum Gasteiger partial charge on any atom is -0.497 e. The van der Waals surface area contributed by atoms with E-state index >= 15 is 0 Å². The maximum atomic E-state index is 5.43. The Bertz CT molecular complexity index is 1260. The van der Waals surface area contributed by atoms with E-state index in [1.54, 1.807) is 13.3 Å². The number of benzene rings is 3. The molecule has 0 saturated heterocycles. The highest BCUT2D eigenvalue weighted by molar-refractivity contribution is 6.09. The summed E-state index contributed by atoms with van der Waals surface area (Å²) >= 11 is 0. The molecule has 0 spiro atoms. The van der Waals surface area contributed by atoms with Crippen LogP contribution in [0, 0.1) is 6.92 Å². The lowest BCUT2D eigenvalue weighted by molar-refractivity contribution is 0.414. The van der Waals surface area contributed by atoms with Crippen molar-refractivity contribution in [1.82, 2.24) is 9.55 Å². The van der Waals surface area contributed by atoms with Gasteiger partial charge in [-0.25, -0.2) is 0 Å².